The molecule has 0 aromatic heterocycles. The lowest BCUT2D eigenvalue weighted by atomic mass is 10.1. The number of methoxy groups -OCH3 is 1. The zero-order valence-corrected chi connectivity index (χ0v) is 12.1. The molecule has 1 atom stereocenters. The minimum Gasteiger partial charge on any atom is -0.497 e. The zero-order chi connectivity index (χ0) is 12.0. The summed E-state index contributed by atoms with van der Waals surface area (Å²) in [7, 11) is 1.65. The second-order valence-corrected chi connectivity index (χ2v) is 4.78. The van der Waals surface area contributed by atoms with Crippen LogP contribution in [0.5, 0.6) is 11.5 Å². The van der Waals surface area contributed by atoms with Crippen molar-refractivity contribution in [3.8, 4) is 11.5 Å². The highest BCUT2D eigenvalue weighted by molar-refractivity contribution is 9.10. The second-order valence-electron chi connectivity index (χ2n) is 3.56. The summed E-state index contributed by atoms with van der Waals surface area (Å²) in [5, 5.41) is 0. The molecule has 1 aromatic rings. The largest absolute Gasteiger partial charge is 0.497 e. The van der Waals surface area contributed by atoms with Gasteiger partial charge in [0, 0.05) is 5.92 Å². The van der Waals surface area contributed by atoms with E-state index in [1.165, 1.54) is 0 Å². The number of rotatable bonds is 6. The molecule has 4 heteroatoms. The lowest BCUT2D eigenvalue weighted by Gasteiger charge is -2.14. The van der Waals surface area contributed by atoms with Gasteiger partial charge in [-0.2, -0.15) is 12.6 Å². The number of benzene rings is 1. The molecule has 1 unspecified atom stereocenters. The first-order valence-electron chi connectivity index (χ1n) is 5.28. The molecule has 0 saturated carbocycles. The Kier molecular flexibility index (Phi) is 6.06. The molecule has 0 amide bonds. The molecule has 1 rings (SSSR count). The molecule has 1 aromatic carbocycles. The van der Waals surface area contributed by atoms with E-state index >= 15 is 0 Å². The maximum absolute atomic E-state index is 5.73. The smallest absolute Gasteiger partial charge is 0.133 e. The van der Waals surface area contributed by atoms with Crippen LogP contribution in [0.25, 0.3) is 0 Å². The SMILES string of the molecule is CCC(CS)COc1ccc(OC)cc1Br. The minimum absolute atomic E-state index is 0.498. The van der Waals surface area contributed by atoms with E-state index in [0.717, 1.165) is 28.1 Å². The van der Waals surface area contributed by atoms with Crippen molar-refractivity contribution in [2.45, 2.75) is 13.3 Å². The Bertz CT molecular complexity index is 327. The van der Waals surface area contributed by atoms with E-state index in [-0.39, 0.29) is 0 Å². The topological polar surface area (TPSA) is 18.5 Å². The predicted octanol–water partition coefficient (Wildman–Crippen LogP) is 3.79. The Morgan fingerprint density at radius 2 is 2.19 bits per heavy atom. The predicted molar refractivity (Wildman–Crippen MR) is 73.8 cm³/mol. The minimum atomic E-state index is 0.498. The van der Waals surface area contributed by atoms with Gasteiger partial charge in [0.1, 0.15) is 11.5 Å². The quantitative estimate of drug-likeness (QED) is 0.806. The van der Waals surface area contributed by atoms with Crippen LogP contribution in [-0.4, -0.2) is 19.5 Å². The highest BCUT2D eigenvalue weighted by Crippen LogP contribution is 2.29. The van der Waals surface area contributed by atoms with Crippen molar-refractivity contribution in [2.24, 2.45) is 5.92 Å². The number of hydrogen-bond acceptors (Lipinski definition) is 3. The number of thiol groups is 1. The van der Waals surface area contributed by atoms with Crippen LogP contribution >= 0.6 is 28.6 Å². The summed E-state index contributed by atoms with van der Waals surface area (Å²) in [5.74, 6) is 3.02. The average molecular weight is 305 g/mol. The van der Waals surface area contributed by atoms with Gasteiger partial charge in [0.25, 0.3) is 0 Å². The van der Waals surface area contributed by atoms with E-state index in [2.05, 4.69) is 35.5 Å². The second kappa shape index (κ2) is 7.07. The first kappa shape index (κ1) is 13.7. The van der Waals surface area contributed by atoms with Gasteiger partial charge in [0.2, 0.25) is 0 Å². The Morgan fingerprint density at radius 1 is 1.44 bits per heavy atom. The Labute approximate surface area is 111 Å². The Balaban J connectivity index is 2.60. The molecule has 0 spiro atoms. The van der Waals surface area contributed by atoms with Gasteiger partial charge in [-0.25, -0.2) is 0 Å². The van der Waals surface area contributed by atoms with Gasteiger partial charge in [-0.1, -0.05) is 6.92 Å². The molecular formula is C12H17BrO2S. The van der Waals surface area contributed by atoms with Crippen LogP contribution in [0.15, 0.2) is 22.7 Å². The van der Waals surface area contributed by atoms with Crippen molar-refractivity contribution < 1.29 is 9.47 Å². The molecule has 0 aliphatic heterocycles. The van der Waals surface area contributed by atoms with Crippen LogP contribution in [0.1, 0.15) is 13.3 Å². The van der Waals surface area contributed by atoms with Crippen LogP contribution in [0, 0.1) is 5.92 Å². The Hall–Kier alpha value is -0.350. The van der Waals surface area contributed by atoms with E-state index in [0.29, 0.717) is 12.5 Å². The molecule has 90 valence electrons. The molecule has 0 fully saturated rings. The monoisotopic (exact) mass is 304 g/mol. The molecular weight excluding hydrogens is 288 g/mol. The molecule has 16 heavy (non-hydrogen) atoms. The van der Waals surface area contributed by atoms with Crippen LogP contribution in [0.4, 0.5) is 0 Å². The van der Waals surface area contributed by atoms with Gasteiger partial charge in [-0.15, -0.1) is 0 Å². The number of hydrogen-bond donors (Lipinski definition) is 1. The number of halogens is 1. The summed E-state index contributed by atoms with van der Waals surface area (Å²) in [6, 6.07) is 5.70. The van der Waals surface area contributed by atoms with Gasteiger partial charge >= 0.3 is 0 Å². The first-order chi connectivity index (χ1) is 7.71. The van der Waals surface area contributed by atoms with Crippen molar-refractivity contribution >= 4 is 28.6 Å². The van der Waals surface area contributed by atoms with Crippen molar-refractivity contribution in [2.75, 3.05) is 19.5 Å². The summed E-state index contributed by atoms with van der Waals surface area (Å²) >= 11 is 7.75. The summed E-state index contributed by atoms with van der Waals surface area (Å²) in [6.45, 7) is 2.85. The molecule has 0 saturated heterocycles. The van der Waals surface area contributed by atoms with Crippen molar-refractivity contribution in [3.05, 3.63) is 22.7 Å². The lowest BCUT2D eigenvalue weighted by molar-refractivity contribution is 0.257. The van der Waals surface area contributed by atoms with Gasteiger partial charge in [0.15, 0.2) is 0 Å². The van der Waals surface area contributed by atoms with Gasteiger partial charge in [-0.05, 0) is 46.3 Å². The molecule has 2 nitrogen and oxygen atoms in total. The number of ether oxygens (including phenoxy) is 2. The molecule has 0 radical (unpaired) electrons. The third-order valence-electron chi connectivity index (χ3n) is 2.45. The van der Waals surface area contributed by atoms with Gasteiger partial charge in [-0.3, -0.25) is 0 Å². The van der Waals surface area contributed by atoms with Crippen LogP contribution in [-0.2, 0) is 0 Å². The fourth-order valence-electron chi connectivity index (χ4n) is 1.23. The summed E-state index contributed by atoms with van der Waals surface area (Å²) in [4.78, 5) is 0. The van der Waals surface area contributed by atoms with Crippen molar-refractivity contribution in [1.29, 1.82) is 0 Å². The van der Waals surface area contributed by atoms with Crippen molar-refractivity contribution in [3.63, 3.8) is 0 Å². The molecule has 0 aliphatic carbocycles. The van der Waals surface area contributed by atoms with Gasteiger partial charge < -0.3 is 9.47 Å². The highest BCUT2D eigenvalue weighted by Gasteiger charge is 2.07. The zero-order valence-electron chi connectivity index (χ0n) is 9.57. The molecule has 0 heterocycles. The summed E-state index contributed by atoms with van der Waals surface area (Å²) < 4.78 is 11.8. The van der Waals surface area contributed by atoms with Crippen LogP contribution < -0.4 is 9.47 Å². The van der Waals surface area contributed by atoms with E-state index < -0.39 is 0 Å². The maximum atomic E-state index is 5.73. The van der Waals surface area contributed by atoms with E-state index in [1.54, 1.807) is 7.11 Å². The third-order valence-corrected chi connectivity index (χ3v) is 3.59. The standard InChI is InChI=1S/C12H17BrO2S/c1-3-9(8-16)7-15-12-5-4-10(14-2)6-11(12)13/h4-6,9,16H,3,7-8H2,1-2H3. The lowest BCUT2D eigenvalue weighted by Crippen LogP contribution is -2.12. The first-order valence-corrected chi connectivity index (χ1v) is 6.71. The van der Waals surface area contributed by atoms with Gasteiger partial charge in [0.05, 0.1) is 18.2 Å². The summed E-state index contributed by atoms with van der Waals surface area (Å²) in [6.07, 6.45) is 1.08. The third kappa shape index (κ3) is 3.91. The van der Waals surface area contributed by atoms with E-state index in [9.17, 15) is 0 Å². The van der Waals surface area contributed by atoms with Crippen LogP contribution in [0.2, 0.25) is 0 Å². The maximum Gasteiger partial charge on any atom is 0.133 e. The fourth-order valence-corrected chi connectivity index (χ4v) is 2.07. The molecule has 0 bridgehead atoms. The van der Waals surface area contributed by atoms with E-state index in [1.807, 2.05) is 18.2 Å². The summed E-state index contributed by atoms with van der Waals surface area (Å²) in [5.41, 5.74) is 0. The average Bonchev–Trinajstić information content (AvgIpc) is 2.32. The highest BCUT2D eigenvalue weighted by atomic mass is 79.9. The normalized spacial score (nSPS) is 12.2. The fraction of sp³-hybridized carbons (Fsp3) is 0.500. The van der Waals surface area contributed by atoms with E-state index in [4.69, 9.17) is 9.47 Å². The van der Waals surface area contributed by atoms with Crippen molar-refractivity contribution in [1.82, 2.24) is 0 Å². The Morgan fingerprint density at radius 3 is 2.69 bits per heavy atom. The van der Waals surface area contributed by atoms with Crippen LogP contribution in [0.3, 0.4) is 0 Å². The molecule has 0 N–H and O–H groups in total. The molecule has 0 aliphatic rings.